The van der Waals surface area contributed by atoms with Crippen LogP contribution in [-0.2, 0) is 4.74 Å². The van der Waals surface area contributed by atoms with Crippen LogP contribution in [0.2, 0.25) is 0 Å². The number of nitrogens with zero attached hydrogens (tertiary/aromatic N) is 2. The first kappa shape index (κ1) is 12.3. The molecule has 0 bridgehead atoms. The Labute approximate surface area is 104 Å². The van der Waals surface area contributed by atoms with Crippen molar-refractivity contribution >= 4 is 11.6 Å². The second-order valence-electron chi connectivity index (χ2n) is 4.29. The van der Waals surface area contributed by atoms with Crippen molar-refractivity contribution < 1.29 is 9.53 Å². The number of aromatic nitrogens is 2. The minimum Gasteiger partial charge on any atom is -0.459 e. The van der Waals surface area contributed by atoms with Crippen LogP contribution in [-0.4, -0.2) is 21.5 Å². The van der Waals surface area contributed by atoms with Crippen LogP contribution in [0.3, 0.4) is 0 Å². The molecular weight excluding hydrogens is 232 g/mol. The molecule has 94 valence electrons. The van der Waals surface area contributed by atoms with Crippen molar-refractivity contribution in [2.24, 2.45) is 0 Å². The van der Waals surface area contributed by atoms with Crippen molar-refractivity contribution in [3.05, 3.63) is 46.0 Å². The van der Waals surface area contributed by atoms with E-state index in [4.69, 9.17) is 4.74 Å². The summed E-state index contributed by atoms with van der Waals surface area (Å²) < 4.78 is 6.41. The number of aryl methyl sites for hydroxylation is 1. The van der Waals surface area contributed by atoms with E-state index in [1.165, 1.54) is 10.6 Å². The summed E-state index contributed by atoms with van der Waals surface area (Å²) in [5.74, 6) is -0.639. The van der Waals surface area contributed by atoms with Crippen molar-refractivity contribution in [2.75, 3.05) is 0 Å². The topological polar surface area (TPSA) is 60.7 Å². The highest BCUT2D eigenvalue weighted by molar-refractivity contribution is 5.89. The van der Waals surface area contributed by atoms with Crippen LogP contribution in [0.5, 0.6) is 0 Å². The quantitative estimate of drug-likeness (QED) is 0.754. The van der Waals surface area contributed by atoms with E-state index in [-0.39, 0.29) is 11.7 Å². The summed E-state index contributed by atoms with van der Waals surface area (Å²) in [4.78, 5) is 28.0. The highest BCUT2D eigenvalue weighted by atomic mass is 16.5. The monoisotopic (exact) mass is 246 g/mol. The van der Waals surface area contributed by atoms with Gasteiger partial charge < -0.3 is 4.74 Å². The highest BCUT2D eigenvalue weighted by Gasteiger charge is 2.16. The maximum atomic E-state index is 12.2. The Bertz CT molecular complexity index is 659. The van der Waals surface area contributed by atoms with Crippen LogP contribution in [0.15, 0.2) is 29.2 Å². The molecule has 2 aromatic rings. The Balaban J connectivity index is 2.62. The van der Waals surface area contributed by atoms with Crippen molar-refractivity contribution in [3.8, 4) is 0 Å². The van der Waals surface area contributed by atoms with Gasteiger partial charge >= 0.3 is 5.97 Å². The van der Waals surface area contributed by atoms with E-state index in [1.54, 1.807) is 32.9 Å². The van der Waals surface area contributed by atoms with E-state index < -0.39 is 11.5 Å². The van der Waals surface area contributed by atoms with Gasteiger partial charge in [-0.2, -0.15) is 0 Å². The number of carbonyl (C=O) groups excluding carboxylic acids is 1. The fourth-order valence-corrected chi connectivity index (χ4v) is 1.69. The van der Waals surface area contributed by atoms with E-state index >= 15 is 0 Å². The van der Waals surface area contributed by atoms with Crippen LogP contribution in [0.1, 0.15) is 29.9 Å². The molecule has 0 aliphatic heterocycles. The van der Waals surface area contributed by atoms with Gasteiger partial charge in [-0.25, -0.2) is 9.78 Å². The molecule has 2 heterocycles. The molecule has 5 nitrogen and oxygen atoms in total. The third kappa shape index (κ3) is 2.11. The average Bonchev–Trinajstić information content (AvgIpc) is 2.28. The zero-order chi connectivity index (χ0) is 13.3. The number of hydrogen-bond donors (Lipinski definition) is 0. The number of ether oxygens (including phenoxy) is 1. The Morgan fingerprint density at radius 3 is 2.78 bits per heavy atom. The first-order chi connectivity index (χ1) is 8.50. The van der Waals surface area contributed by atoms with E-state index in [9.17, 15) is 9.59 Å². The Morgan fingerprint density at radius 1 is 1.39 bits per heavy atom. The third-order valence-electron chi connectivity index (χ3n) is 2.49. The lowest BCUT2D eigenvalue weighted by atomic mass is 10.3. The van der Waals surface area contributed by atoms with Crippen molar-refractivity contribution in [3.63, 3.8) is 0 Å². The minimum atomic E-state index is -0.639. The molecule has 0 saturated carbocycles. The van der Waals surface area contributed by atoms with E-state index in [0.717, 1.165) is 5.69 Å². The fourth-order valence-electron chi connectivity index (χ4n) is 1.69. The predicted octanol–water partition coefficient (Wildman–Crippen LogP) is 1.57. The molecule has 18 heavy (non-hydrogen) atoms. The molecule has 0 unspecified atom stereocenters. The van der Waals surface area contributed by atoms with Gasteiger partial charge in [0.25, 0.3) is 5.56 Å². The third-order valence-corrected chi connectivity index (χ3v) is 2.49. The summed E-state index contributed by atoms with van der Waals surface area (Å²) in [5, 5.41) is 0. The molecule has 0 saturated heterocycles. The van der Waals surface area contributed by atoms with Gasteiger partial charge in [0.1, 0.15) is 11.2 Å². The molecule has 0 fully saturated rings. The van der Waals surface area contributed by atoms with Crippen LogP contribution in [0.4, 0.5) is 0 Å². The maximum absolute atomic E-state index is 12.2. The maximum Gasteiger partial charge on any atom is 0.345 e. The lowest BCUT2D eigenvalue weighted by molar-refractivity contribution is 0.0375. The number of esters is 1. The summed E-state index contributed by atoms with van der Waals surface area (Å²) in [6.45, 7) is 5.25. The predicted molar refractivity (Wildman–Crippen MR) is 66.8 cm³/mol. The van der Waals surface area contributed by atoms with Gasteiger partial charge in [-0.1, -0.05) is 6.07 Å². The highest BCUT2D eigenvalue weighted by Crippen LogP contribution is 2.04. The number of pyridine rings is 1. The van der Waals surface area contributed by atoms with Gasteiger partial charge in [-0.3, -0.25) is 9.20 Å². The summed E-state index contributed by atoms with van der Waals surface area (Å²) in [5.41, 5.74) is 0.796. The number of carbonyl (C=O) groups is 1. The summed E-state index contributed by atoms with van der Waals surface area (Å²) in [6, 6.07) is 5.31. The lowest BCUT2D eigenvalue weighted by Crippen LogP contribution is -2.26. The van der Waals surface area contributed by atoms with Gasteiger partial charge in [0.2, 0.25) is 0 Å². The van der Waals surface area contributed by atoms with E-state index in [1.807, 2.05) is 6.07 Å². The fraction of sp³-hybridized carbons (Fsp3) is 0.308. The van der Waals surface area contributed by atoms with Crippen molar-refractivity contribution in [1.29, 1.82) is 0 Å². The molecule has 0 spiro atoms. The summed E-state index contributed by atoms with van der Waals surface area (Å²) in [7, 11) is 0. The average molecular weight is 246 g/mol. The molecule has 2 aromatic heterocycles. The van der Waals surface area contributed by atoms with E-state index in [2.05, 4.69) is 4.98 Å². The first-order valence-corrected chi connectivity index (χ1v) is 5.69. The van der Waals surface area contributed by atoms with Crippen molar-refractivity contribution in [2.45, 2.75) is 26.9 Å². The SMILES string of the molecule is Cc1cccc2ncc(C(=O)OC(C)C)c(=O)n12. The zero-order valence-corrected chi connectivity index (χ0v) is 10.5. The summed E-state index contributed by atoms with van der Waals surface area (Å²) in [6.07, 6.45) is 0.997. The molecule has 0 amide bonds. The standard InChI is InChI=1S/C13H14N2O3/c1-8(2)18-13(17)10-7-14-11-6-4-5-9(3)15(11)12(10)16/h4-8H,1-3H3. The van der Waals surface area contributed by atoms with Gasteiger partial charge in [-0.15, -0.1) is 0 Å². The molecule has 5 heteroatoms. The van der Waals surface area contributed by atoms with Crippen molar-refractivity contribution in [1.82, 2.24) is 9.38 Å². The van der Waals surface area contributed by atoms with Gasteiger partial charge in [-0.05, 0) is 32.9 Å². The van der Waals surface area contributed by atoms with Crippen LogP contribution < -0.4 is 5.56 Å². The number of hydrogen-bond acceptors (Lipinski definition) is 4. The Morgan fingerprint density at radius 2 is 2.11 bits per heavy atom. The normalized spacial score (nSPS) is 10.9. The Hall–Kier alpha value is -2.17. The zero-order valence-electron chi connectivity index (χ0n) is 10.5. The van der Waals surface area contributed by atoms with Gasteiger partial charge in [0.05, 0.1) is 6.10 Å². The molecule has 2 rings (SSSR count). The summed E-state index contributed by atoms with van der Waals surface area (Å²) >= 11 is 0. The molecule has 0 aliphatic carbocycles. The molecule has 0 N–H and O–H groups in total. The first-order valence-electron chi connectivity index (χ1n) is 5.69. The largest absolute Gasteiger partial charge is 0.459 e. The van der Waals surface area contributed by atoms with Gasteiger partial charge in [0.15, 0.2) is 0 Å². The molecule has 0 aromatic carbocycles. The number of fused-ring (bicyclic) bond motifs is 1. The van der Waals surface area contributed by atoms with E-state index in [0.29, 0.717) is 5.65 Å². The minimum absolute atomic E-state index is 0.0458. The van der Waals surface area contributed by atoms with Gasteiger partial charge in [0, 0.05) is 11.9 Å². The smallest absolute Gasteiger partial charge is 0.345 e. The Kier molecular flexibility index (Phi) is 3.14. The number of rotatable bonds is 2. The van der Waals surface area contributed by atoms with Crippen LogP contribution in [0.25, 0.3) is 5.65 Å². The second kappa shape index (κ2) is 4.60. The molecule has 0 radical (unpaired) electrons. The van der Waals surface area contributed by atoms with Crippen LogP contribution >= 0.6 is 0 Å². The second-order valence-corrected chi connectivity index (χ2v) is 4.29. The molecular formula is C13H14N2O3. The lowest BCUT2D eigenvalue weighted by Gasteiger charge is -2.09. The molecule has 0 atom stereocenters. The van der Waals surface area contributed by atoms with Crippen LogP contribution in [0, 0.1) is 6.92 Å². The molecule has 0 aliphatic rings.